The highest BCUT2D eigenvalue weighted by Crippen LogP contribution is 2.23. The molecule has 0 saturated heterocycles. The summed E-state index contributed by atoms with van der Waals surface area (Å²) in [5.41, 5.74) is 1.19. The second kappa shape index (κ2) is 5.05. The number of carboxylic acid groups (broad SMARTS) is 1. The molecule has 8 heteroatoms. The number of non-ortho nitro benzene ring substituents is 1. The van der Waals surface area contributed by atoms with Crippen molar-refractivity contribution < 1.29 is 14.8 Å². The average Bonchev–Trinajstić information content (AvgIpc) is 2.69. The van der Waals surface area contributed by atoms with Gasteiger partial charge in [0.2, 0.25) is 0 Å². The van der Waals surface area contributed by atoms with Crippen LogP contribution in [0.5, 0.6) is 0 Å². The highest BCUT2D eigenvalue weighted by molar-refractivity contribution is 7.99. The first-order chi connectivity index (χ1) is 8.56. The van der Waals surface area contributed by atoms with Crippen molar-refractivity contribution in [3.63, 3.8) is 0 Å². The number of H-pyrrole nitrogens is 1. The standard InChI is InChI=1S/C10H9N3O4S/c14-9(15)3-4-18-10-11-7-2-1-6(13(16)17)5-8(7)12-10/h1-2,5H,3-4H2,(H,11,12)(H,14,15). The van der Waals surface area contributed by atoms with Crippen LogP contribution in [0.25, 0.3) is 11.0 Å². The summed E-state index contributed by atoms with van der Waals surface area (Å²) in [6, 6.07) is 4.35. The van der Waals surface area contributed by atoms with Gasteiger partial charge in [-0.1, -0.05) is 11.8 Å². The number of thioether (sulfide) groups is 1. The van der Waals surface area contributed by atoms with Crippen LogP contribution in [0.1, 0.15) is 6.42 Å². The number of hydrogen-bond donors (Lipinski definition) is 2. The van der Waals surface area contributed by atoms with Gasteiger partial charge in [-0.2, -0.15) is 0 Å². The third-order valence-corrected chi connectivity index (χ3v) is 3.08. The van der Waals surface area contributed by atoms with Crippen LogP contribution in [0.2, 0.25) is 0 Å². The van der Waals surface area contributed by atoms with Crippen molar-refractivity contribution in [2.24, 2.45) is 0 Å². The lowest BCUT2D eigenvalue weighted by Crippen LogP contribution is -1.95. The Morgan fingerprint density at radius 1 is 1.56 bits per heavy atom. The maximum atomic E-state index is 10.6. The van der Waals surface area contributed by atoms with E-state index in [-0.39, 0.29) is 12.1 Å². The predicted molar refractivity (Wildman–Crippen MR) is 65.7 cm³/mol. The van der Waals surface area contributed by atoms with Crippen LogP contribution in [-0.2, 0) is 4.79 Å². The van der Waals surface area contributed by atoms with Crippen molar-refractivity contribution >= 4 is 34.5 Å². The molecule has 0 spiro atoms. The molecule has 0 amide bonds. The normalized spacial score (nSPS) is 10.7. The molecule has 0 aliphatic heterocycles. The van der Waals surface area contributed by atoms with Gasteiger partial charge in [-0.25, -0.2) is 4.98 Å². The number of nitrogens with one attached hydrogen (secondary N) is 1. The summed E-state index contributed by atoms with van der Waals surface area (Å²) in [6.07, 6.45) is 0.0435. The SMILES string of the molecule is O=C(O)CCSc1nc2ccc([N+](=O)[O-])cc2[nH]1. The van der Waals surface area contributed by atoms with Gasteiger partial charge in [0.1, 0.15) is 0 Å². The number of aromatic nitrogens is 2. The number of hydrogen-bond acceptors (Lipinski definition) is 5. The molecule has 0 fully saturated rings. The first kappa shape index (κ1) is 12.4. The van der Waals surface area contributed by atoms with E-state index < -0.39 is 10.9 Å². The van der Waals surface area contributed by atoms with E-state index in [2.05, 4.69) is 9.97 Å². The number of nitrogens with zero attached hydrogens (tertiary/aromatic N) is 2. The van der Waals surface area contributed by atoms with Gasteiger partial charge in [-0.15, -0.1) is 0 Å². The first-order valence-corrected chi connectivity index (χ1v) is 6.03. The molecular formula is C10H9N3O4S. The van der Waals surface area contributed by atoms with Crippen LogP contribution in [0.15, 0.2) is 23.4 Å². The Morgan fingerprint density at radius 2 is 2.33 bits per heavy atom. The van der Waals surface area contributed by atoms with E-state index in [9.17, 15) is 14.9 Å². The number of imidazole rings is 1. The van der Waals surface area contributed by atoms with Crippen LogP contribution in [0.4, 0.5) is 5.69 Å². The summed E-state index contributed by atoms with van der Waals surface area (Å²) < 4.78 is 0. The molecule has 0 saturated carbocycles. The summed E-state index contributed by atoms with van der Waals surface area (Å²) in [4.78, 5) is 27.6. The number of rotatable bonds is 5. The molecule has 1 heterocycles. The van der Waals surface area contributed by atoms with Gasteiger partial charge in [0.05, 0.1) is 22.4 Å². The van der Waals surface area contributed by atoms with Crippen LogP contribution >= 0.6 is 11.8 Å². The number of nitro benzene ring substituents is 1. The zero-order valence-electron chi connectivity index (χ0n) is 9.12. The number of aliphatic carboxylic acids is 1. The lowest BCUT2D eigenvalue weighted by molar-refractivity contribution is -0.384. The van der Waals surface area contributed by atoms with Crippen molar-refractivity contribution in [2.45, 2.75) is 11.6 Å². The lowest BCUT2D eigenvalue weighted by atomic mass is 10.3. The summed E-state index contributed by atoms with van der Waals surface area (Å²) >= 11 is 1.27. The smallest absolute Gasteiger partial charge is 0.304 e. The van der Waals surface area contributed by atoms with Gasteiger partial charge in [0.25, 0.3) is 5.69 Å². The van der Waals surface area contributed by atoms with E-state index in [0.717, 1.165) is 0 Å². The van der Waals surface area contributed by atoms with Gasteiger partial charge < -0.3 is 10.1 Å². The zero-order valence-corrected chi connectivity index (χ0v) is 9.94. The van der Waals surface area contributed by atoms with Crippen molar-refractivity contribution in [1.29, 1.82) is 0 Å². The van der Waals surface area contributed by atoms with E-state index in [0.29, 0.717) is 21.9 Å². The number of benzene rings is 1. The van der Waals surface area contributed by atoms with E-state index in [1.165, 1.54) is 23.9 Å². The molecule has 1 aromatic heterocycles. The predicted octanol–water partition coefficient (Wildman–Crippen LogP) is 2.04. The minimum absolute atomic E-state index is 0.00626. The Hall–Kier alpha value is -2.09. The second-order valence-electron chi connectivity index (χ2n) is 3.49. The molecule has 94 valence electrons. The summed E-state index contributed by atoms with van der Waals surface area (Å²) in [7, 11) is 0. The maximum Gasteiger partial charge on any atom is 0.304 e. The molecular weight excluding hydrogens is 258 g/mol. The van der Waals surface area contributed by atoms with Crippen LogP contribution < -0.4 is 0 Å². The molecule has 1 aromatic carbocycles. The van der Waals surface area contributed by atoms with E-state index >= 15 is 0 Å². The fourth-order valence-electron chi connectivity index (χ4n) is 1.39. The number of nitro groups is 1. The molecule has 7 nitrogen and oxygen atoms in total. The number of carbonyl (C=O) groups is 1. The van der Waals surface area contributed by atoms with Crippen LogP contribution in [0, 0.1) is 10.1 Å². The highest BCUT2D eigenvalue weighted by Gasteiger charge is 2.10. The monoisotopic (exact) mass is 267 g/mol. The van der Waals surface area contributed by atoms with E-state index in [1.807, 2.05) is 0 Å². The first-order valence-electron chi connectivity index (χ1n) is 5.05. The van der Waals surface area contributed by atoms with Crippen molar-refractivity contribution in [1.82, 2.24) is 9.97 Å². The largest absolute Gasteiger partial charge is 0.481 e. The highest BCUT2D eigenvalue weighted by atomic mass is 32.2. The quantitative estimate of drug-likeness (QED) is 0.487. The molecule has 18 heavy (non-hydrogen) atoms. The summed E-state index contributed by atoms with van der Waals surface area (Å²) in [5, 5.41) is 19.7. The number of carboxylic acids is 1. The molecule has 0 radical (unpaired) electrons. The molecule has 0 aliphatic carbocycles. The van der Waals surface area contributed by atoms with Gasteiger partial charge in [0, 0.05) is 17.9 Å². The van der Waals surface area contributed by atoms with Gasteiger partial charge in [-0.3, -0.25) is 14.9 Å². The Kier molecular flexibility index (Phi) is 3.47. The van der Waals surface area contributed by atoms with Crippen molar-refractivity contribution in [3.05, 3.63) is 28.3 Å². The fourth-order valence-corrected chi connectivity index (χ4v) is 2.21. The molecule has 2 aromatic rings. The Balaban J connectivity index is 2.16. The third kappa shape index (κ3) is 2.77. The van der Waals surface area contributed by atoms with Crippen molar-refractivity contribution in [2.75, 3.05) is 5.75 Å². The van der Waals surface area contributed by atoms with E-state index in [4.69, 9.17) is 5.11 Å². The Morgan fingerprint density at radius 3 is 3.00 bits per heavy atom. The van der Waals surface area contributed by atoms with Crippen LogP contribution in [0.3, 0.4) is 0 Å². The molecule has 2 N–H and O–H groups in total. The Bertz CT molecular complexity index is 610. The third-order valence-electron chi connectivity index (χ3n) is 2.21. The van der Waals surface area contributed by atoms with E-state index in [1.54, 1.807) is 6.07 Å². The van der Waals surface area contributed by atoms with Gasteiger partial charge >= 0.3 is 5.97 Å². The topological polar surface area (TPSA) is 109 Å². The average molecular weight is 267 g/mol. The maximum absolute atomic E-state index is 10.6. The number of aromatic amines is 1. The lowest BCUT2D eigenvalue weighted by Gasteiger charge is -1.92. The molecule has 0 atom stereocenters. The molecule has 0 bridgehead atoms. The molecule has 2 rings (SSSR count). The minimum Gasteiger partial charge on any atom is -0.481 e. The van der Waals surface area contributed by atoms with Crippen LogP contribution in [-0.4, -0.2) is 31.7 Å². The van der Waals surface area contributed by atoms with Gasteiger partial charge in [0.15, 0.2) is 5.16 Å². The van der Waals surface area contributed by atoms with Crippen molar-refractivity contribution in [3.8, 4) is 0 Å². The zero-order chi connectivity index (χ0) is 13.1. The van der Waals surface area contributed by atoms with Gasteiger partial charge in [-0.05, 0) is 6.07 Å². The number of fused-ring (bicyclic) bond motifs is 1. The second-order valence-corrected chi connectivity index (χ2v) is 4.58. The molecule has 0 aliphatic rings. The summed E-state index contributed by atoms with van der Waals surface area (Å²) in [6.45, 7) is 0. The minimum atomic E-state index is -0.866. The molecule has 0 unspecified atom stereocenters. The fraction of sp³-hybridized carbons (Fsp3) is 0.200. The summed E-state index contributed by atoms with van der Waals surface area (Å²) in [5.74, 6) is -0.466. The Labute approximate surface area is 105 Å².